The van der Waals surface area contributed by atoms with Crippen molar-refractivity contribution in [1.29, 1.82) is 0 Å². The molecule has 0 unspecified atom stereocenters. The van der Waals surface area contributed by atoms with Crippen LogP contribution in [0.25, 0.3) is 105 Å². The van der Waals surface area contributed by atoms with E-state index in [0.717, 1.165) is 27.9 Å². The maximum absolute atomic E-state index is 5.08. The molecule has 2 aromatic heterocycles. The van der Waals surface area contributed by atoms with Gasteiger partial charge in [0.2, 0.25) is 0 Å². The molecule has 2 heterocycles. The summed E-state index contributed by atoms with van der Waals surface area (Å²) in [6, 6.07) is 68.6. The van der Waals surface area contributed by atoms with Crippen molar-refractivity contribution in [3.63, 3.8) is 0 Å². The average molecular weight is 701 g/mol. The first-order valence-corrected chi connectivity index (χ1v) is 18.6. The van der Waals surface area contributed by atoms with Crippen LogP contribution >= 0.6 is 0 Å². The van der Waals surface area contributed by atoms with Gasteiger partial charge in [0, 0.05) is 43.9 Å². The highest BCUT2D eigenvalue weighted by Gasteiger charge is 2.21. The van der Waals surface area contributed by atoms with Gasteiger partial charge in [-0.25, -0.2) is 15.0 Å². The van der Waals surface area contributed by atoms with Crippen molar-refractivity contribution in [3.05, 3.63) is 194 Å². The third-order valence-corrected chi connectivity index (χ3v) is 10.8. The van der Waals surface area contributed by atoms with Crippen LogP contribution in [0.2, 0.25) is 0 Å². The summed E-state index contributed by atoms with van der Waals surface area (Å²) in [6.45, 7) is 0. The van der Waals surface area contributed by atoms with Gasteiger partial charge >= 0.3 is 0 Å². The molecular formula is C51H32N4. The molecule has 0 aliphatic carbocycles. The summed E-state index contributed by atoms with van der Waals surface area (Å²) in [4.78, 5) is 15.1. The molecule has 11 rings (SSSR count). The van der Waals surface area contributed by atoms with Crippen molar-refractivity contribution in [2.24, 2.45) is 0 Å². The number of hydrogen-bond acceptors (Lipinski definition) is 3. The fourth-order valence-electron chi connectivity index (χ4n) is 8.25. The van der Waals surface area contributed by atoms with Crippen LogP contribution in [-0.4, -0.2) is 19.5 Å². The maximum atomic E-state index is 5.08. The van der Waals surface area contributed by atoms with E-state index in [1.807, 2.05) is 36.4 Å². The van der Waals surface area contributed by atoms with Crippen molar-refractivity contribution in [2.45, 2.75) is 0 Å². The minimum Gasteiger partial charge on any atom is -0.308 e. The summed E-state index contributed by atoms with van der Waals surface area (Å²) in [5.74, 6) is 1.91. The van der Waals surface area contributed by atoms with Crippen LogP contribution in [0.4, 0.5) is 0 Å². The smallest absolute Gasteiger partial charge is 0.164 e. The second kappa shape index (κ2) is 12.6. The molecule has 0 saturated heterocycles. The molecule has 0 fully saturated rings. The monoisotopic (exact) mass is 700 g/mol. The lowest BCUT2D eigenvalue weighted by atomic mass is 9.96. The largest absolute Gasteiger partial charge is 0.308 e. The molecule has 0 saturated carbocycles. The van der Waals surface area contributed by atoms with Crippen LogP contribution in [-0.2, 0) is 0 Å². The van der Waals surface area contributed by atoms with Crippen LogP contribution in [0.1, 0.15) is 0 Å². The van der Waals surface area contributed by atoms with Crippen LogP contribution in [0.15, 0.2) is 194 Å². The van der Waals surface area contributed by atoms with Gasteiger partial charge in [-0.1, -0.05) is 170 Å². The molecule has 55 heavy (non-hydrogen) atoms. The highest BCUT2D eigenvalue weighted by atomic mass is 15.0. The Morgan fingerprint density at radius 3 is 1.35 bits per heavy atom. The lowest BCUT2D eigenvalue weighted by Gasteiger charge is -2.13. The number of aromatic nitrogens is 4. The molecule has 0 spiro atoms. The standard InChI is InChI=1S/C51H32N4/c1-3-13-33(14-4-1)34-23-25-37(26-24-34)50-52-49(36-16-5-2-6-17-36)53-51(54-50)38-27-30-39(31-28-38)55-47-40-18-8-7-15-35(40)29-32-45(47)46-43-21-11-9-19-41(43)42-20-10-12-22-44(42)48(46)55/h1-32H. The first-order valence-electron chi connectivity index (χ1n) is 18.6. The van der Waals surface area contributed by atoms with E-state index in [4.69, 9.17) is 15.0 Å². The quantitative estimate of drug-likeness (QED) is 0.168. The van der Waals surface area contributed by atoms with Crippen molar-refractivity contribution < 1.29 is 0 Å². The molecule has 0 radical (unpaired) electrons. The van der Waals surface area contributed by atoms with Gasteiger partial charge in [-0.3, -0.25) is 0 Å². The van der Waals surface area contributed by atoms with Gasteiger partial charge in [0.25, 0.3) is 0 Å². The van der Waals surface area contributed by atoms with Gasteiger partial charge in [-0.15, -0.1) is 0 Å². The third kappa shape index (κ3) is 5.11. The van der Waals surface area contributed by atoms with Gasteiger partial charge in [0.1, 0.15) is 0 Å². The molecule has 0 amide bonds. The molecule has 0 bridgehead atoms. The molecule has 256 valence electrons. The van der Waals surface area contributed by atoms with E-state index in [9.17, 15) is 0 Å². The predicted molar refractivity (Wildman–Crippen MR) is 228 cm³/mol. The summed E-state index contributed by atoms with van der Waals surface area (Å²) in [7, 11) is 0. The number of hydrogen-bond donors (Lipinski definition) is 0. The molecule has 0 atom stereocenters. The Labute approximate surface area is 317 Å². The van der Waals surface area contributed by atoms with E-state index in [1.165, 1.54) is 59.7 Å². The Hall–Kier alpha value is -7.43. The number of fused-ring (bicyclic) bond motifs is 10. The zero-order valence-electron chi connectivity index (χ0n) is 29.8. The van der Waals surface area contributed by atoms with Crippen LogP contribution < -0.4 is 0 Å². The fourth-order valence-corrected chi connectivity index (χ4v) is 8.25. The van der Waals surface area contributed by atoms with Crippen molar-refractivity contribution >= 4 is 54.1 Å². The molecule has 0 aliphatic rings. The van der Waals surface area contributed by atoms with Gasteiger partial charge in [0.15, 0.2) is 17.5 Å². The Morgan fingerprint density at radius 1 is 0.273 bits per heavy atom. The van der Waals surface area contributed by atoms with E-state index >= 15 is 0 Å². The SMILES string of the molecule is c1ccc(-c2ccc(-c3nc(-c4ccccc4)nc(-c4ccc(-n5c6c7ccccc7ccc6c6c7ccccc7c7ccccc7c65)cc4)n3)cc2)cc1. The molecular weight excluding hydrogens is 669 g/mol. The topological polar surface area (TPSA) is 43.6 Å². The third-order valence-electron chi connectivity index (χ3n) is 10.8. The lowest BCUT2D eigenvalue weighted by Crippen LogP contribution is -2.01. The van der Waals surface area contributed by atoms with Gasteiger partial charge < -0.3 is 4.57 Å². The molecule has 0 N–H and O–H groups in total. The van der Waals surface area contributed by atoms with Crippen molar-refractivity contribution in [3.8, 4) is 51.0 Å². The van der Waals surface area contributed by atoms with Gasteiger partial charge in [-0.05, 0) is 56.9 Å². The summed E-state index contributed by atoms with van der Waals surface area (Å²) < 4.78 is 2.47. The van der Waals surface area contributed by atoms with Crippen molar-refractivity contribution in [2.75, 3.05) is 0 Å². The lowest BCUT2D eigenvalue weighted by molar-refractivity contribution is 1.07. The zero-order valence-corrected chi connectivity index (χ0v) is 29.8. The first-order chi connectivity index (χ1) is 27.3. The van der Waals surface area contributed by atoms with Crippen LogP contribution in [0.3, 0.4) is 0 Å². The second-order valence-electron chi connectivity index (χ2n) is 14.0. The fraction of sp³-hybridized carbons (Fsp3) is 0. The average Bonchev–Trinajstić information content (AvgIpc) is 3.63. The van der Waals surface area contributed by atoms with E-state index in [0.29, 0.717) is 17.5 Å². The minimum absolute atomic E-state index is 0.631. The molecule has 9 aromatic carbocycles. The highest BCUT2D eigenvalue weighted by Crippen LogP contribution is 2.44. The zero-order chi connectivity index (χ0) is 36.3. The van der Waals surface area contributed by atoms with Crippen LogP contribution in [0, 0.1) is 0 Å². The Morgan fingerprint density at radius 2 is 0.709 bits per heavy atom. The minimum atomic E-state index is 0.631. The Balaban J connectivity index is 1.11. The molecule has 4 heteroatoms. The second-order valence-corrected chi connectivity index (χ2v) is 14.0. The summed E-state index contributed by atoms with van der Waals surface area (Å²) in [5.41, 5.74) is 8.62. The van der Waals surface area contributed by atoms with Gasteiger partial charge in [-0.2, -0.15) is 0 Å². The normalized spacial score (nSPS) is 11.6. The van der Waals surface area contributed by atoms with E-state index in [-0.39, 0.29) is 0 Å². The van der Waals surface area contributed by atoms with Crippen molar-refractivity contribution in [1.82, 2.24) is 19.5 Å². The number of nitrogens with zero attached hydrogens (tertiary/aromatic N) is 4. The maximum Gasteiger partial charge on any atom is 0.164 e. The first kappa shape index (κ1) is 31.1. The summed E-state index contributed by atoms with van der Waals surface area (Å²) in [6.07, 6.45) is 0. The summed E-state index contributed by atoms with van der Waals surface area (Å²) in [5, 5.41) is 9.96. The molecule has 4 nitrogen and oxygen atoms in total. The summed E-state index contributed by atoms with van der Waals surface area (Å²) >= 11 is 0. The van der Waals surface area contributed by atoms with E-state index < -0.39 is 0 Å². The van der Waals surface area contributed by atoms with E-state index in [1.54, 1.807) is 0 Å². The van der Waals surface area contributed by atoms with E-state index in [2.05, 4.69) is 162 Å². The number of benzene rings is 9. The molecule has 11 aromatic rings. The van der Waals surface area contributed by atoms with Gasteiger partial charge in [0.05, 0.1) is 11.0 Å². The molecule has 0 aliphatic heterocycles. The Kier molecular flexibility index (Phi) is 7.14. The Bertz CT molecular complexity index is 3220. The predicted octanol–water partition coefficient (Wildman–Crippen LogP) is 13.1. The highest BCUT2D eigenvalue weighted by molar-refractivity contribution is 6.34. The van der Waals surface area contributed by atoms with Crippen LogP contribution in [0.5, 0.6) is 0 Å². The number of rotatable bonds is 5.